The third-order valence-electron chi connectivity index (χ3n) is 16.3. The topological polar surface area (TPSA) is 17.4 Å². The summed E-state index contributed by atoms with van der Waals surface area (Å²) in [5, 5.41) is 2.44. The molecule has 0 saturated carbocycles. The van der Waals surface area contributed by atoms with Crippen molar-refractivity contribution in [2.45, 2.75) is 31.6 Å². The minimum atomic E-state index is -0.738. The third kappa shape index (κ3) is 7.41. The summed E-state index contributed by atoms with van der Waals surface area (Å²) in [4.78, 5) is 2.40. The van der Waals surface area contributed by atoms with Crippen molar-refractivity contribution < 1.29 is 4.74 Å². The van der Waals surface area contributed by atoms with Crippen LogP contribution in [0.2, 0.25) is 0 Å². The van der Waals surface area contributed by atoms with Crippen LogP contribution in [0.5, 0.6) is 5.75 Å². The molecule has 0 fully saturated rings. The van der Waals surface area contributed by atoms with Gasteiger partial charge >= 0.3 is 0 Å². The molecule has 0 N–H and O–H groups in total. The molecular formula is C73H58N2O. The van der Waals surface area contributed by atoms with Gasteiger partial charge in [0.1, 0.15) is 5.75 Å². The van der Waals surface area contributed by atoms with Gasteiger partial charge < -0.3 is 14.2 Å². The van der Waals surface area contributed by atoms with Gasteiger partial charge in [-0.05, 0) is 141 Å². The Morgan fingerprint density at radius 1 is 0.487 bits per heavy atom. The number of benzene rings is 10. The first kappa shape index (κ1) is 46.6. The van der Waals surface area contributed by atoms with E-state index in [1.807, 2.05) is 0 Å². The van der Waals surface area contributed by atoms with Gasteiger partial charge in [0.25, 0.3) is 0 Å². The minimum absolute atomic E-state index is 0.0988. The fourth-order valence-corrected chi connectivity index (χ4v) is 12.8. The lowest BCUT2D eigenvalue weighted by atomic mass is 9.56. The molecule has 1 heterocycles. The molecule has 3 nitrogen and oxygen atoms in total. The lowest BCUT2D eigenvalue weighted by molar-refractivity contribution is 0.393. The average molecular weight is 979 g/mol. The zero-order valence-electron chi connectivity index (χ0n) is 43.4. The van der Waals surface area contributed by atoms with E-state index in [1.165, 1.54) is 71.9 Å². The first-order chi connectivity index (χ1) is 37.4. The number of fused-ring (bicyclic) bond motifs is 7. The Kier molecular flexibility index (Phi) is 11.6. The Bertz CT molecular complexity index is 4070. The molecule has 11 aromatic rings. The predicted molar refractivity (Wildman–Crippen MR) is 320 cm³/mol. The molecule has 2 atom stereocenters. The van der Waals surface area contributed by atoms with Crippen molar-refractivity contribution in [2.24, 2.45) is 5.92 Å². The van der Waals surface area contributed by atoms with E-state index in [9.17, 15) is 0 Å². The van der Waals surface area contributed by atoms with E-state index in [0.717, 1.165) is 45.2 Å². The van der Waals surface area contributed by atoms with Gasteiger partial charge in [-0.15, -0.1) is 0 Å². The Morgan fingerprint density at radius 2 is 1.09 bits per heavy atom. The Labute approximate surface area is 446 Å². The second kappa shape index (κ2) is 18.9. The molecule has 0 radical (unpaired) electrons. The van der Waals surface area contributed by atoms with Crippen LogP contribution in [0.25, 0.3) is 66.9 Å². The molecule has 2 aliphatic carbocycles. The molecule has 76 heavy (non-hydrogen) atoms. The van der Waals surface area contributed by atoms with E-state index >= 15 is 0 Å². The second-order valence-electron chi connectivity index (χ2n) is 20.7. The molecule has 2 unspecified atom stereocenters. The number of hydrogen-bond acceptors (Lipinski definition) is 2. The number of anilines is 3. The summed E-state index contributed by atoms with van der Waals surface area (Å²) in [7, 11) is 1.80. The number of nitrogens with zero attached hydrogens (tertiary/aromatic N) is 2. The maximum Gasteiger partial charge on any atom is 0.123 e. The number of rotatable bonds is 11. The molecule has 0 saturated heterocycles. The summed E-state index contributed by atoms with van der Waals surface area (Å²) < 4.78 is 8.83. The summed E-state index contributed by atoms with van der Waals surface area (Å²) >= 11 is 0. The van der Waals surface area contributed by atoms with Gasteiger partial charge in [0.2, 0.25) is 0 Å². The van der Waals surface area contributed by atoms with Crippen molar-refractivity contribution in [1.82, 2.24) is 4.57 Å². The van der Waals surface area contributed by atoms with Crippen LogP contribution in [0.15, 0.2) is 267 Å². The Morgan fingerprint density at radius 3 is 1.87 bits per heavy atom. The van der Waals surface area contributed by atoms with Gasteiger partial charge in [-0.3, -0.25) is 0 Å². The standard InChI is InChI=1S/C73H58N2O/c1-5-6-10-23-53-39-43-63-58(51-38-47-69-64(48-51)62-31-18-21-34-68(62)75(69)55-28-15-9-16-29-55)45-46-59(71(63)73(53,52-24-11-7-12-25-52)66-33-20-22-35-70(66)76-4)50-36-40-56(41-37-50)74(54-26-13-8-14-27-54)57-42-44-61-60-30-17-19-32-65(60)72(2,3)67(61)49-57/h5-49,53H,1-4H3/b6-5-,23-10-. The summed E-state index contributed by atoms with van der Waals surface area (Å²) in [6.45, 7) is 6.79. The first-order valence-electron chi connectivity index (χ1n) is 26.5. The molecule has 0 aliphatic heterocycles. The second-order valence-corrected chi connectivity index (χ2v) is 20.7. The number of ether oxygens (including phenoxy) is 1. The number of methoxy groups -OCH3 is 1. The predicted octanol–water partition coefficient (Wildman–Crippen LogP) is 19.0. The smallest absolute Gasteiger partial charge is 0.123 e. The van der Waals surface area contributed by atoms with Crippen molar-refractivity contribution in [3.05, 3.63) is 300 Å². The van der Waals surface area contributed by atoms with Crippen molar-refractivity contribution in [3.63, 3.8) is 0 Å². The van der Waals surface area contributed by atoms with E-state index in [0.29, 0.717) is 0 Å². The lowest BCUT2D eigenvalue weighted by Crippen LogP contribution is -2.39. The zero-order valence-corrected chi connectivity index (χ0v) is 43.4. The lowest BCUT2D eigenvalue weighted by Gasteiger charge is -2.45. The normalized spacial score (nSPS) is 16.3. The van der Waals surface area contributed by atoms with Gasteiger partial charge in [0.15, 0.2) is 0 Å². The summed E-state index contributed by atoms with van der Waals surface area (Å²) in [5.41, 5.74) is 20.7. The summed E-state index contributed by atoms with van der Waals surface area (Å²) in [6.07, 6.45) is 13.6. The SMILES string of the molecule is C/C=C\C=C/C1C=Cc2c(-c3ccc4c(c3)c3ccccc3n4-c3ccccc3)ccc(-c3ccc(N(c4ccccc4)c4ccc5c(c4)C(C)(C)c4ccccc4-5)cc3)c2C1(c1ccccc1)c1ccccc1OC. The summed E-state index contributed by atoms with van der Waals surface area (Å²) in [5.74, 6) is 0.747. The molecule has 0 spiro atoms. The quantitative estimate of drug-likeness (QED) is 0.120. The highest BCUT2D eigenvalue weighted by atomic mass is 16.5. The van der Waals surface area contributed by atoms with E-state index in [1.54, 1.807) is 7.11 Å². The van der Waals surface area contributed by atoms with Crippen LogP contribution in [0.3, 0.4) is 0 Å². The van der Waals surface area contributed by atoms with Gasteiger partial charge in [-0.2, -0.15) is 0 Å². The first-order valence-corrected chi connectivity index (χ1v) is 26.5. The van der Waals surface area contributed by atoms with Crippen molar-refractivity contribution in [3.8, 4) is 44.8 Å². The molecule has 10 aromatic carbocycles. The monoisotopic (exact) mass is 978 g/mol. The Balaban J connectivity index is 1.05. The van der Waals surface area contributed by atoms with E-state index in [-0.39, 0.29) is 11.3 Å². The zero-order chi connectivity index (χ0) is 51.4. The highest BCUT2D eigenvalue weighted by molar-refractivity contribution is 6.11. The molecule has 2 aliphatic rings. The fourth-order valence-electron chi connectivity index (χ4n) is 12.8. The number of allylic oxidation sites excluding steroid dienone is 5. The number of aromatic nitrogens is 1. The van der Waals surface area contributed by atoms with Crippen LogP contribution < -0.4 is 9.64 Å². The highest BCUT2D eigenvalue weighted by Crippen LogP contribution is 2.58. The van der Waals surface area contributed by atoms with Crippen molar-refractivity contribution in [1.29, 1.82) is 0 Å². The van der Waals surface area contributed by atoms with Crippen LogP contribution in [0.4, 0.5) is 17.1 Å². The highest BCUT2D eigenvalue weighted by Gasteiger charge is 2.48. The van der Waals surface area contributed by atoms with Crippen LogP contribution >= 0.6 is 0 Å². The van der Waals surface area contributed by atoms with Gasteiger partial charge in [0, 0.05) is 50.4 Å². The molecule has 0 bridgehead atoms. The number of hydrogen-bond donors (Lipinski definition) is 0. The van der Waals surface area contributed by atoms with Crippen LogP contribution in [0, 0.1) is 5.92 Å². The third-order valence-corrected chi connectivity index (χ3v) is 16.3. The van der Waals surface area contributed by atoms with Gasteiger partial charge in [-0.25, -0.2) is 0 Å². The van der Waals surface area contributed by atoms with Gasteiger partial charge in [-0.1, -0.05) is 214 Å². The fraction of sp³-hybridized carbons (Fsp3) is 0.0959. The van der Waals surface area contributed by atoms with Crippen molar-refractivity contribution in [2.75, 3.05) is 12.0 Å². The van der Waals surface area contributed by atoms with Crippen LogP contribution in [0.1, 0.15) is 54.2 Å². The molecule has 0 amide bonds. The van der Waals surface area contributed by atoms with E-state index in [4.69, 9.17) is 4.74 Å². The maximum absolute atomic E-state index is 6.44. The minimum Gasteiger partial charge on any atom is -0.496 e. The van der Waals surface area contributed by atoms with E-state index < -0.39 is 5.41 Å². The van der Waals surface area contributed by atoms with Gasteiger partial charge in [0.05, 0.1) is 23.6 Å². The molecule has 3 heteroatoms. The largest absolute Gasteiger partial charge is 0.496 e. The van der Waals surface area contributed by atoms with Crippen LogP contribution in [-0.2, 0) is 10.8 Å². The number of para-hydroxylation sites is 4. The average Bonchev–Trinajstić information content (AvgIpc) is 4.04. The summed E-state index contributed by atoms with van der Waals surface area (Å²) in [6, 6.07) is 87.0. The molecule has 1 aromatic heterocycles. The van der Waals surface area contributed by atoms with E-state index in [2.05, 4.69) is 303 Å². The van der Waals surface area contributed by atoms with Crippen molar-refractivity contribution >= 4 is 44.9 Å². The maximum atomic E-state index is 6.44. The van der Waals surface area contributed by atoms with Crippen LogP contribution in [-0.4, -0.2) is 11.7 Å². The molecule has 366 valence electrons. The molecule has 13 rings (SSSR count). The molecular weight excluding hydrogens is 921 g/mol. The Hall–Kier alpha value is -9.18.